The van der Waals surface area contributed by atoms with Gasteiger partial charge in [-0.15, -0.1) is 0 Å². The number of ketones is 1. The van der Waals surface area contributed by atoms with Crippen molar-refractivity contribution in [2.75, 3.05) is 12.0 Å². The number of halogens is 1. The van der Waals surface area contributed by atoms with Gasteiger partial charge in [0, 0.05) is 10.6 Å². The molecule has 5 rings (SSSR count). The number of benzene rings is 2. The first kappa shape index (κ1) is 21.2. The molecule has 0 aliphatic carbocycles. The van der Waals surface area contributed by atoms with Crippen LogP contribution in [0.2, 0.25) is 5.02 Å². The summed E-state index contributed by atoms with van der Waals surface area (Å²) in [6.45, 7) is 1.76. The standard InChI is InChI=1S/C24H17ClN2O5S/c1-12-3-10-17(32-12)20-19(21(28)13-4-6-14(25)7-5-13)22(29)23(30)27(20)24-26-16-9-8-15(31-2)11-18(16)33-24/h3-11,20,28H,1-2H3/b21-19+. The molecular formula is C24H17ClN2O5S. The van der Waals surface area contributed by atoms with E-state index >= 15 is 0 Å². The molecule has 0 radical (unpaired) electrons. The quantitative estimate of drug-likeness (QED) is 0.236. The van der Waals surface area contributed by atoms with Crippen LogP contribution >= 0.6 is 22.9 Å². The monoisotopic (exact) mass is 480 g/mol. The molecule has 1 atom stereocenters. The molecule has 0 spiro atoms. The molecule has 1 saturated heterocycles. The lowest BCUT2D eigenvalue weighted by molar-refractivity contribution is -0.132. The molecule has 2 aromatic carbocycles. The number of furan rings is 1. The average molecular weight is 481 g/mol. The molecule has 2 aromatic heterocycles. The average Bonchev–Trinajstić information content (AvgIpc) is 3.49. The highest BCUT2D eigenvalue weighted by Gasteiger charge is 2.49. The zero-order valence-electron chi connectivity index (χ0n) is 17.5. The van der Waals surface area contributed by atoms with E-state index in [9.17, 15) is 14.7 Å². The molecule has 3 heterocycles. The van der Waals surface area contributed by atoms with Crippen molar-refractivity contribution in [3.05, 3.63) is 82.3 Å². The lowest BCUT2D eigenvalue weighted by atomic mass is 9.99. The largest absolute Gasteiger partial charge is 0.507 e. The first-order chi connectivity index (χ1) is 15.9. The van der Waals surface area contributed by atoms with Gasteiger partial charge in [-0.1, -0.05) is 22.9 Å². The van der Waals surface area contributed by atoms with Crippen molar-refractivity contribution in [3.63, 3.8) is 0 Å². The van der Waals surface area contributed by atoms with Crippen molar-refractivity contribution in [2.45, 2.75) is 13.0 Å². The fourth-order valence-corrected chi connectivity index (χ4v) is 4.93. The summed E-state index contributed by atoms with van der Waals surface area (Å²) in [7, 11) is 1.57. The minimum Gasteiger partial charge on any atom is -0.507 e. The summed E-state index contributed by atoms with van der Waals surface area (Å²) in [6.07, 6.45) is 0. The summed E-state index contributed by atoms with van der Waals surface area (Å²) < 4.78 is 11.9. The molecule has 166 valence electrons. The number of fused-ring (bicyclic) bond motifs is 1. The number of carbonyl (C=O) groups is 2. The zero-order valence-corrected chi connectivity index (χ0v) is 19.1. The fourth-order valence-electron chi connectivity index (χ4n) is 3.79. The number of aliphatic hydroxyl groups excluding tert-OH is 1. The fraction of sp³-hybridized carbons (Fsp3) is 0.125. The van der Waals surface area contributed by atoms with Crippen LogP contribution in [0.5, 0.6) is 5.75 Å². The van der Waals surface area contributed by atoms with Crippen LogP contribution in [0.15, 0.2) is 64.6 Å². The Morgan fingerprint density at radius 1 is 1.15 bits per heavy atom. The molecule has 7 nitrogen and oxygen atoms in total. The molecule has 4 aromatic rings. The maximum absolute atomic E-state index is 13.2. The highest BCUT2D eigenvalue weighted by molar-refractivity contribution is 7.22. The Balaban J connectivity index is 1.70. The predicted molar refractivity (Wildman–Crippen MR) is 126 cm³/mol. The van der Waals surface area contributed by atoms with Crippen LogP contribution in [-0.4, -0.2) is 28.9 Å². The normalized spacial score (nSPS) is 17.8. The Hall–Kier alpha value is -3.62. The van der Waals surface area contributed by atoms with E-state index in [2.05, 4.69) is 4.98 Å². The van der Waals surface area contributed by atoms with Gasteiger partial charge in [0.1, 0.15) is 29.1 Å². The second-order valence-corrected chi connectivity index (χ2v) is 8.90. The van der Waals surface area contributed by atoms with E-state index in [4.69, 9.17) is 20.8 Å². The number of carbonyl (C=O) groups excluding carboxylic acids is 2. The first-order valence-electron chi connectivity index (χ1n) is 9.95. The molecule has 0 saturated carbocycles. The number of thiazole rings is 1. The van der Waals surface area contributed by atoms with E-state index in [1.165, 1.54) is 16.2 Å². The summed E-state index contributed by atoms with van der Waals surface area (Å²) in [5, 5.41) is 11.9. The first-order valence-corrected chi connectivity index (χ1v) is 11.1. The minimum absolute atomic E-state index is 0.0755. The second-order valence-electron chi connectivity index (χ2n) is 7.45. The van der Waals surface area contributed by atoms with Crippen LogP contribution in [0.3, 0.4) is 0 Å². The number of hydrogen-bond donors (Lipinski definition) is 1. The molecule has 0 bridgehead atoms. The number of aryl methyl sites for hydroxylation is 1. The molecular weight excluding hydrogens is 464 g/mol. The second kappa shape index (κ2) is 8.06. The zero-order chi connectivity index (χ0) is 23.3. The number of methoxy groups -OCH3 is 1. The smallest absolute Gasteiger partial charge is 0.302 e. The number of anilines is 1. The van der Waals surface area contributed by atoms with Crippen LogP contribution in [0.25, 0.3) is 16.0 Å². The number of amides is 1. The van der Waals surface area contributed by atoms with E-state index in [1.54, 1.807) is 62.6 Å². The Bertz CT molecular complexity index is 1440. The van der Waals surface area contributed by atoms with Gasteiger partial charge in [0.25, 0.3) is 5.78 Å². The van der Waals surface area contributed by atoms with Gasteiger partial charge in [0.05, 0.1) is 22.9 Å². The van der Waals surface area contributed by atoms with Crippen molar-refractivity contribution >= 4 is 55.7 Å². The van der Waals surface area contributed by atoms with E-state index in [1.807, 2.05) is 6.07 Å². The van der Waals surface area contributed by atoms with Gasteiger partial charge in [-0.25, -0.2) is 4.98 Å². The molecule has 33 heavy (non-hydrogen) atoms. The number of hydrogen-bond acceptors (Lipinski definition) is 7. The van der Waals surface area contributed by atoms with Gasteiger partial charge in [-0.2, -0.15) is 0 Å². The maximum atomic E-state index is 13.2. The molecule has 1 unspecified atom stereocenters. The topological polar surface area (TPSA) is 92.9 Å². The summed E-state index contributed by atoms with van der Waals surface area (Å²) in [5.41, 5.74) is 0.943. The van der Waals surface area contributed by atoms with Gasteiger partial charge in [-0.05, 0) is 61.5 Å². The number of nitrogens with zero attached hydrogens (tertiary/aromatic N) is 2. The van der Waals surface area contributed by atoms with E-state index in [-0.39, 0.29) is 11.3 Å². The van der Waals surface area contributed by atoms with Crippen molar-refractivity contribution in [2.24, 2.45) is 0 Å². The molecule has 9 heteroatoms. The molecule has 1 fully saturated rings. The van der Waals surface area contributed by atoms with Gasteiger partial charge in [0.2, 0.25) is 0 Å². The number of aliphatic hydroxyl groups is 1. The van der Waals surface area contributed by atoms with E-state index in [0.717, 1.165) is 4.70 Å². The number of aromatic nitrogens is 1. The number of rotatable bonds is 4. The van der Waals surface area contributed by atoms with Gasteiger partial charge < -0.3 is 14.3 Å². The number of ether oxygens (including phenoxy) is 1. The Morgan fingerprint density at radius 2 is 1.91 bits per heavy atom. The third-order valence-corrected chi connectivity index (χ3v) is 6.65. The molecule has 1 aliphatic heterocycles. The van der Waals surface area contributed by atoms with Crippen molar-refractivity contribution in [1.82, 2.24) is 4.98 Å². The SMILES string of the molecule is COc1ccc2nc(N3C(=O)C(=O)/C(=C(/O)c4ccc(Cl)cc4)C3c3ccc(C)o3)sc2c1. The highest BCUT2D eigenvalue weighted by atomic mass is 35.5. The lowest BCUT2D eigenvalue weighted by Gasteiger charge is -2.20. The maximum Gasteiger partial charge on any atom is 0.302 e. The Morgan fingerprint density at radius 3 is 2.58 bits per heavy atom. The molecule has 1 amide bonds. The third-order valence-electron chi connectivity index (χ3n) is 5.38. The predicted octanol–water partition coefficient (Wildman–Crippen LogP) is 5.49. The number of Topliss-reactive ketones (excluding diaryl/α,β-unsaturated/α-hetero) is 1. The van der Waals surface area contributed by atoms with E-state index in [0.29, 0.717) is 38.5 Å². The third kappa shape index (κ3) is 3.57. The van der Waals surface area contributed by atoms with Gasteiger partial charge in [0.15, 0.2) is 5.13 Å². The van der Waals surface area contributed by atoms with Gasteiger partial charge in [-0.3, -0.25) is 14.5 Å². The molecule has 1 aliphatic rings. The minimum atomic E-state index is -0.975. The van der Waals surface area contributed by atoms with Crippen molar-refractivity contribution in [1.29, 1.82) is 0 Å². The van der Waals surface area contributed by atoms with Crippen LogP contribution in [-0.2, 0) is 9.59 Å². The Kier molecular flexibility index (Phi) is 5.19. The Labute approximate surface area is 197 Å². The summed E-state index contributed by atoms with van der Waals surface area (Å²) in [5.74, 6) is -0.320. The van der Waals surface area contributed by atoms with Crippen LogP contribution in [0.4, 0.5) is 5.13 Å². The summed E-state index contributed by atoms with van der Waals surface area (Å²) >= 11 is 7.21. The molecule has 1 N–H and O–H groups in total. The van der Waals surface area contributed by atoms with Gasteiger partial charge >= 0.3 is 5.91 Å². The van der Waals surface area contributed by atoms with Crippen molar-refractivity contribution < 1.29 is 23.8 Å². The van der Waals surface area contributed by atoms with Crippen LogP contribution in [0.1, 0.15) is 23.1 Å². The van der Waals surface area contributed by atoms with E-state index < -0.39 is 17.7 Å². The van der Waals surface area contributed by atoms with Crippen LogP contribution < -0.4 is 9.64 Å². The highest BCUT2D eigenvalue weighted by Crippen LogP contribution is 2.45. The van der Waals surface area contributed by atoms with Crippen LogP contribution in [0, 0.1) is 6.92 Å². The summed E-state index contributed by atoms with van der Waals surface area (Å²) in [6, 6.07) is 14.2. The van der Waals surface area contributed by atoms with Crippen molar-refractivity contribution in [3.8, 4) is 5.75 Å². The summed E-state index contributed by atoms with van der Waals surface area (Å²) in [4.78, 5) is 32.2. The lowest BCUT2D eigenvalue weighted by Crippen LogP contribution is -2.29.